The molecule has 0 N–H and O–H groups in total. The minimum atomic E-state index is 1.18. The van der Waals surface area contributed by atoms with Crippen molar-refractivity contribution in [1.82, 2.24) is 9.55 Å². The summed E-state index contributed by atoms with van der Waals surface area (Å²) in [5, 5.41) is 0. The maximum Gasteiger partial charge on any atom is 0.0952 e. The Morgan fingerprint density at radius 2 is 2.00 bits per heavy atom. The SMILES string of the molecule is [CH](c1ccccc1)n1ccnc1. The first kappa shape index (κ1) is 7.10. The van der Waals surface area contributed by atoms with Gasteiger partial charge in [-0.25, -0.2) is 4.98 Å². The van der Waals surface area contributed by atoms with Crippen LogP contribution in [0.3, 0.4) is 0 Å². The first-order chi connectivity index (χ1) is 5.95. The fourth-order valence-corrected chi connectivity index (χ4v) is 1.06. The molecule has 0 amide bonds. The van der Waals surface area contributed by atoms with Gasteiger partial charge in [-0.2, -0.15) is 0 Å². The van der Waals surface area contributed by atoms with Crippen LogP contribution in [0, 0.1) is 6.54 Å². The fraction of sp³-hybridized carbons (Fsp3) is 0. The first-order valence-corrected chi connectivity index (χ1v) is 3.82. The molecule has 0 bridgehead atoms. The minimum Gasteiger partial charge on any atom is -0.328 e. The van der Waals surface area contributed by atoms with Crippen molar-refractivity contribution in [2.75, 3.05) is 0 Å². The number of aromatic nitrogens is 2. The lowest BCUT2D eigenvalue weighted by atomic mass is 10.2. The molecule has 1 radical (unpaired) electrons. The molecule has 0 atom stereocenters. The van der Waals surface area contributed by atoms with Crippen LogP contribution in [0.25, 0.3) is 0 Å². The van der Waals surface area contributed by atoms with E-state index < -0.39 is 0 Å². The van der Waals surface area contributed by atoms with Crippen LogP contribution in [-0.4, -0.2) is 9.55 Å². The zero-order valence-electron chi connectivity index (χ0n) is 6.59. The molecule has 12 heavy (non-hydrogen) atoms. The van der Waals surface area contributed by atoms with Gasteiger partial charge >= 0.3 is 0 Å². The van der Waals surface area contributed by atoms with Gasteiger partial charge in [0, 0.05) is 12.4 Å². The summed E-state index contributed by atoms with van der Waals surface area (Å²) < 4.78 is 1.93. The summed E-state index contributed by atoms with van der Waals surface area (Å²) in [6.45, 7) is 2.02. The highest BCUT2D eigenvalue weighted by Gasteiger charge is 1.92. The molecule has 2 rings (SSSR count). The van der Waals surface area contributed by atoms with Gasteiger partial charge in [-0.15, -0.1) is 0 Å². The highest BCUT2D eigenvalue weighted by molar-refractivity contribution is 5.22. The Morgan fingerprint density at radius 1 is 1.17 bits per heavy atom. The van der Waals surface area contributed by atoms with E-state index in [2.05, 4.69) is 17.1 Å². The van der Waals surface area contributed by atoms with E-state index >= 15 is 0 Å². The molecule has 2 aromatic rings. The van der Waals surface area contributed by atoms with Gasteiger partial charge in [0.2, 0.25) is 0 Å². The second kappa shape index (κ2) is 3.22. The van der Waals surface area contributed by atoms with E-state index in [-0.39, 0.29) is 0 Å². The lowest BCUT2D eigenvalue weighted by Gasteiger charge is -1.99. The fourth-order valence-electron chi connectivity index (χ4n) is 1.06. The van der Waals surface area contributed by atoms with Crippen LogP contribution in [0.2, 0.25) is 0 Å². The van der Waals surface area contributed by atoms with Gasteiger partial charge in [-0.3, -0.25) is 0 Å². The van der Waals surface area contributed by atoms with Crippen molar-refractivity contribution in [2.45, 2.75) is 0 Å². The number of imidazole rings is 1. The van der Waals surface area contributed by atoms with E-state index in [0.717, 1.165) is 0 Å². The molecular weight excluding hydrogens is 148 g/mol. The predicted octanol–water partition coefficient (Wildman–Crippen LogP) is 1.94. The molecule has 2 heteroatoms. The highest BCUT2D eigenvalue weighted by atomic mass is 15.0. The van der Waals surface area contributed by atoms with Crippen LogP contribution < -0.4 is 0 Å². The normalized spacial score (nSPS) is 10.0. The molecule has 1 aromatic carbocycles. The zero-order valence-corrected chi connectivity index (χ0v) is 6.59. The third kappa shape index (κ3) is 1.53. The average Bonchev–Trinajstić information content (AvgIpc) is 2.59. The number of nitrogens with zero attached hydrogens (tertiary/aromatic N) is 2. The predicted molar refractivity (Wildman–Crippen MR) is 47.5 cm³/mol. The molecule has 0 aliphatic heterocycles. The Morgan fingerprint density at radius 3 is 2.67 bits per heavy atom. The molecule has 0 saturated heterocycles. The molecule has 2 nitrogen and oxygen atoms in total. The van der Waals surface area contributed by atoms with Crippen molar-refractivity contribution < 1.29 is 0 Å². The van der Waals surface area contributed by atoms with Crippen molar-refractivity contribution in [2.24, 2.45) is 0 Å². The molecule has 0 aliphatic rings. The number of benzene rings is 1. The first-order valence-electron chi connectivity index (χ1n) is 3.82. The van der Waals surface area contributed by atoms with Crippen LogP contribution in [-0.2, 0) is 0 Å². The van der Waals surface area contributed by atoms with Crippen molar-refractivity contribution in [3.63, 3.8) is 0 Å². The second-order valence-corrected chi connectivity index (χ2v) is 2.55. The van der Waals surface area contributed by atoms with Crippen LogP contribution in [0.15, 0.2) is 49.1 Å². The summed E-state index contributed by atoms with van der Waals surface area (Å²) in [6.07, 6.45) is 5.44. The third-order valence-corrected chi connectivity index (χ3v) is 1.62. The van der Waals surface area contributed by atoms with Gasteiger partial charge < -0.3 is 4.57 Å². The van der Waals surface area contributed by atoms with Gasteiger partial charge in [0.1, 0.15) is 0 Å². The van der Waals surface area contributed by atoms with Crippen molar-refractivity contribution in [3.05, 3.63) is 61.2 Å². The Kier molecular flexibility index (Phi) is 1.90. The Labute approximate surface area is 71.5 Å². The molecule has 1 heterocycles. The largest absolute Gasteiger partial charge is 0.328 e. The second-order valence-electron chi connectivity index (χ2n) is 2.55. The maximum absolute atomic E-state index is 3.95. The summed E-state index contributed by atoms with van der Waals surface area (Å²) in [5.41, 5.74) is 1.18. The Bertz CT molecular complexity index is 324. The van der Waals surface area contributed by atoms with E-state index in [9.17, 15) is 0 Å². The molecule has 0 unspecified atom stereocenters. The lowest BCUT2D eigenvalue weighted by molar-refractivity contribution is 0.978. The van der Waals surface area contributed by atoms with Crippen molar-refractivity contribution >= 4 is 0 Å². The van der Waals surface area contributed by atoms with Gasteiger partial charge in [-0.1, -0.05) is 30.3 Å². The molecule has 0 saturated carbocycles. The quantitative estimate of drug-likeness (QED) is 0.651. The topological polar surface area (TPSA) is 17.8 Å². The molecular formula is C10H9N2. The molecule has 59 valence electrons. The van der Waals surface area contributed by atoms with Crippen LogP contribution in [0.5, 0.6) is 0 Å². The molecule has 1 aromatic heterocycles. The Hall–Kier alpha value is -1.57. The number of hydrogen-bond acceptors (Lipinski definition) is 1. The van der Waals surface area contributed by atoms with Gasteiger partial charge in [0.25, 0.3) is 0 Å². The van der Waals surface area contributed by atoms with Gasteiger partial charge in [0.05, 0.1) is 12.9 Å². The van der Waals surface area contributed by atoms with Gasteiger partial charge in [-0.05, 0) is 5.56 Å². The standard InChI is InChI=1S/C10H9N2/c1-2-4-10(5-3-1)8-12-7-6-11-9-12/h1-9H. The summed E-state index contributed by atoms with van der Waals surface area (Å²) in [6, 6.07) is 10.1. The van der Waals surface area contributed by atoms with E-state index in [1.807, 2.05) is 35.5 Å². The average molecular weight is 157 g/mol. The molecule has 0 spiro atoms. The highest BCUT2D eigenvalue weighted by Crippen LogP contribution is 2.03. The van der Waals surface area contributed by atoms with E-state index in [4.69, 9.17) is 0 Å². The maximum atomic E-state index is 3.95. The van der Waals surface area contributed by atoms with Crippen LogP contribution in [0.1, 0.15) is 5.56 Å². The minimum absolute atomic E-state index is 1.18. The summed E-state index contributed by atoms with van der Waals surface area (Å²) in [7, 11) is 0. The molecule has 0 aliphatic carbocycles. The van der Waals surface area contributed by atoms with Gasteiger partial charge in [0.15, 0.2) is 0 Å². The van der Waals surface area contributed by atoms with Crippen molar-refractivity contribution in [1.29, 1.82) is 0 Å². The number of hydrogen-bond donors (Lipinski definition) is 0. The number of rotatable bonds is 2. The summed E-state index contributed by atoms with van der Waals surface area (Å²) >= 11 is 0. The third-order valence-electron chi connectivity index (χ3n) is 1.62. The van der Waals surface area contributed by atoms with Crippen molar-refractivity contribution in [3.8, 4) is 0 Å². The van der Waals surface area contributed by atoms with E-state index in [1.54, 1.807) is 12.5 Å². The smallest absolute Gasteiger partial charge is 0.0952 e. The van der Waals surface area contributed by atoms with Crippen LogP contribution >= 0.6 is 0 Å². The molecule has 0 fully saturated rings. The Balaban J connectivity index is 2.15. The van der Waals surface area contributed by atoms with E-state index in [1.165, 1.54) is 5.56 Å². The monoisotopic (exact) mass is 157 g/mol. The van der Waals surface area contributed by atoms with E-state index in [0.29, 0.717) is 0 Å². The zero-order chi connectivity index (χ0) is 8.23. The summed E-state index contributed by atoms with van der Waals surface area (Å²) in [5.74, 6) is 0. The lowest BCUT2D eigenvalue weighted by Crippen LogP contribution is -1.91. The summed E-state index contributed by atoms with van der Waals surface area (Å²) in [4.78, 5) is 3.95. The van der Waals surface area contributed by atoms with Crippen LogP contribution in [0.4, 0.5) is 0 Å².